The molecule has 0 unspecified atom stereocenters. The third-order valence-electron chi connectivity index (χ3n) is 3.70. The van der Waals surface area contributed by atoms with Crippen LogP contribution >= 0.6 is 0 Å². The highest BCUT2D eigenvalue weighted by Crippen LogP contribution is 2.30. The maximum atomic E-state index is 12.0. The summed E-state index contributed by atoms with van der Waals surface area (Å²) in [7, 11) is 0. The minimum absolute atomic E-state index is 0.0846. The molecule has 21 heavy (non-hydrogen) atoms. The lowest BCUT2D eigenvalue weighted by Gasteiger charge is -2.12. The van der Waals surface area contributed by atoms with Crippen LogP contribution in [0.4, 0.5) is 0 Å². The van der Waals surface area contributed by atoms with Crippen molar-refractivity contribution in [1.82, 2.24) is 10.6 Å². The quantitative estimate of drug-likeness (QED) is 0.741. The first-order valence-corrected chi connectivity index (χ1v) is 7.30. The second-order valence-corrected chi connectivity index (χ2v) is 5.40. The molecule has 0 spiro atoms. The number of hydrogen-bond acceptors (Lipinski definition) is 5. The van der Waals surface area contributed by atoms with Crippen LogP contribution in [0.15, 0.2) is 18.2 Å². The lowest BCUT2D eigenvalue weighted by Crippen LogP contribution is -2.40. The summed E-state index contributed by atoms with van der Waals surface area (Å²) in [5.74, 6) is 1.40. The van der Waals surface area contributed by atoms with Crippen molar-refractivity contribution in [2.75, 3.05) is 19.8 Å². The van der Waals surface area contributed by atoms with E-state index in [1.165, 1.54) is 0 Å². The summed E-state index contributed by atoms with van der Waals surface area (Å²) >= 11 is 0. The molecule has 2 aliphatic rings. The van der Waals surface area contributed by atoms with E-state index in [0.29, 0.717) is 32.7 Å². The van der Waals surface area contributed by atoms with Crippen molar-refractivity contribution in [3.05, 3.63) is 23.8 Å². The Morgan fingerprint density at radius 3 is 2.90 bits per heavy atom. The van der Waals surface area contributed by atoms with E-state index < -0.39 is 6.10 Å². The van der Waals surface area contributed by atoms with Crippen molar-refractivity contribution in [1.29, 1.82) is 0 Å². The van der Waals surface area contributed by atoms with Gasteiger partial charge >= 0.3 is 0 Å². The van der Waals surface area contributed by atoms with Gasteiger partial charge in [-0.25, -0.2) is 0 Å². The molecule has 3 N–H and O–H groups in total. The first kappa shape index (κ1) is 14.2. The Morgan fingerprint density at radius 2 is 2.14 bits per heavy atom. The lowest BCUT2D eigenvalue weighted by atomic mass is 10.1. The summed E-state index contributed by atoms with van der Waals surface area (Å²) in [6, 6.07) is 5.39. The van der Waals surface area contributed by atoms with Crippen LogP contribution < -0.4 is 20.1 Å². The number of hydrogen-bond donors (Lipinski definition) is 3. The molecule has 1 aromatic rings. The minimum atomic E-state index is -0.432. The molecule has 0 aliphatic carbocycles. The number of ether oxygens (including phenoxy) is 2. The molecule has 0 saturated carbocycles. The van der Waals surface area contributed by atoms with Gasteiger partial charge in [-0.2, -0.15) is 0 Å². The Bertz CT molecular complexity index is 520. The Balaban J connectivity index is 1.58. The van der Waals surface area contributed by atoms with E-state index in [1.54, 1.807) is 0 Å². The van der Waals surface area contributed by atoms with E-state index >= 15 is 0 Å². The Kier molecular flexibility index (Phi) is 4.26. The fraction of sp³-hybridized carbons (Fsp3) is 0.533. The van der Waals surface area contributed by atoms with Crippen molar-refractivity contribution >= 4 is 5.91 Å². The number of amides is 1. The SMILES string of the molecule is O=C(NCc1ccc2c(c1)OCCCO2)[C@H]1C[C@H](O)CN1. The topological polar surface area (TPSA) is 79.8 Å². The van der Waals surface area contributed by atoms with Crippen LogP contribution in [0.1, 0.15) is 18.4 Å². The fourth-order valence-electron chi connectivity index (χ4n) is 2.55. The first-order chi connectivity index (χ1) is 10.2. The molecule has 2 aliphatic heterocycles. The predicted molar refractivity (Wildman–Crippen MR) is 76.3 cm³/mol. The van der Waals surface area contributed by atoms with Gasteiger partial charge in [0.2, 0.25) is 5.91 Å². The molecule has 6 heteroatoms. The van der Waals surface area contributed by atoms with E-state index in [9.17, 15) is 9.90 Å². The minimum Gasteiger partial charge on any atom is -0.490 e. The normalized spacial score (nSPS) is 24.4. The van der Waals surface area contributed by atoms with Gasteiger partial charge in [-0.15, -0.1) is 0 Å². The maximum Gasteiger partial charge on any atom is 0.237 e. The molecule has 1 amide bonds. The van der Waals surface area contributed by atoms with Crippen LogP contribution in [0.5, 0.6) is 11.5 Å². The van der Waals surface area contributed by atoms with Crippen molar-refractivity contribution in [2.24, 2.45) is 0 Å². The molecule has 2 atom stereocenters. The van der Waals surface area contributed by atoms with Crippen LogP contribution in [0.3, 0.4) is 0 Å². The van der Waals surface area contributed by atoms with E-state index in [1.807, 2.05) is 18.2 Å². The number of benzene rings is 1. The zero-order chi connectivity index (χ0) is 14.7. The van der Waals surface area contributed by atoms with Crippen LogP contribution in [0.25, 0.3) is 0 Å². The summed E-state index contributed by atoms with van der Waals surface area (Å²) < 4.78 is 11.2. The van der Waals surface area contributed by atoms with Gasteiger partial charge in [0.25, 0.3) is 0 Å². The smallest absolute Gasteiger partial charge is 0.237 e. The summed E-state index contributed by atoms with van der Waals surface area (Å²) in [4.78, 5) is 12.0. The highest BCUT2D eigenvalue weighted by atomic mass is 16.5. The number of rotatable bonds is 3. The molecule has 0 radical (unpaired) electrons. The van der Waals surface area contributed by atoms with Gasteiger partial charge < -0.3 is 25.2 Å². The molecule has 1 saturated heterocycles. The summed E-state index contributed by atoms with van der Waals surface area (Å²) in [5.41, 5.74) is 0.964. The molecule has 6 nitrogen and oxygen atoms in total. The molecule has 2 heterocycles. The zero-order valence-electron chi connectivity index (χ0n) is 11.8. The summed E-state index contributed by atoms with van der Waals surface area (Å²) in [5, 5.41) is 15.3. The molecule has 114 valence electrons. The van der Waals surface area contributed by atoms with Gasteiger partial charge in [-0.05, 0) is 24.1 Å². The third kappa shape index (κ3) is 3.46. The van der Waals surface area contributed by atoms with Crippen LogP contribution in [-0.2, 0) is 11.3 Å². The second-order valence-electron chi connectivity index (χ2n) is 5.40. The van der Waals surface area contributed by atoms with Crippen molar-refractivity contribution in [3.8, 4) is 11.5 Å². The van der Waals surface area contributed by atoms with E-state index in [-0.39, 0.29) is 11.9 Å². The average molecular weight is 292 g/mol. The monoisotopic (exact) mass is 292 g/mol. The summed E-state index contributed by atoms with van der Waals surface area (Å²) in [6.45, 7) is 2.22. The number of aliphatic hydroxyl groups is 1. The van der Waals surface area contributed by atoms with Gasteiger partial charge in [-0.3, -0.25) is 4.79 Å². The Labute approximate surface area is 123 Å². The van der Waals surface area contributed by atoms with Crippen LogP contribution in [0, 0.1) is 0 Å². The molecule has 0 aromatic heterocycles. The Hall–Kier alpha value is -1.79. The van der Waals surface area contributed by atoms with Crippen molar-refractivity contribution in [3.63, 3.8) is 0 Å². The lowest BCUT2D eigenvalue weighted by molar-refractivity contribution is -0.123. The van der Waals surface area contributed by atoms with Crippen LogP contribution in [0.2, 0.25) is 0 Å². The van der Waals surface area contributed by atoms with E-state index in [2.05, 4.69) is 10.6 Å². The number of β-amino-alcohol motifs (C(OH)–C–C–N with tert-alkyl or cyclic N) is 1. The highest BCUT2D eigenvalue weighted by Gasteiger charge is 2.27. The van der Waals surface area contributed by atoms with Gasteiger partial charge in [0.05, 0.1) is 25.4 Å². The van der Waals surface area contributed by atoms with E-state index in [4.69, 9.17) is 9.47 Å². The molecule has 0 bridgehead atoms. The number of nitrogens with one attached hydrogen (secondary N) is 2. The van der Waals surface area contributed by atoms with Gasteiger partial charge in [0, 0.05) is 19.5 Å². The standard InChI is InChI=1S/C15H20N2O4/c18-11-7-12(16-9-11)15(19)17-8-10-2-3-13-14(6-10)21-5-1-4-20-13/h2-3,6,11-12,16,18H,1,4-5,7-9H2,(H,17,19)/t11-,12+/m0/s1. The van der Waals surface area contributed by atoms with Crippen molar-refractivity contribution < 1.29 is 19.4 Å². The van der Waals surface area contributed by atoms with Gasteiger partial charge in [0.15, 0.2) is 11.5 Å². The van der Waals surface area contributed by atoms with Gasteiger partial charge in [0.1, 0.15) is 0 Å². The first-order valence-electron chi connectivity index (χ1n) is 7.30. The summed E-state index contributed by atoms with van der Waals surface area (Å²) in [6.07, 6.45) is 0.905. The van der Waals surface area contributed by atoms with E-state index in [0.717, 1.165) is 23.5 Å². The van der Waals surface area contributed by atoms with Crippen LogP contribution in [-0.4, -0.2) is 42.9 Å². The molecule has 3 rings (SSSR count). The van der Waals surface area contributed by atoms with Gasteiger partial charge in [-0.1, -0.05) is 6.07 Å². The van der Waals surface area contributed by atoms with Crippen molar-refractivity contribution in [2.45, 2.75) is 31.5 Å². The number of aliphatic hydroxyl groups excluding tert-OH is 1. The largest absolute Gasteiger partial charge is 0.490 e. The third-order valence-corrected chi connectivity index (χ3v) is 3.70. The maximum absolute atomic E-state index is 12.0. The highest BCUT2D eigenvalue weighted by molar-refractivity contribution is 5.82. The molecule has 1 aromatic carbocycles. The fourth-order valence-corrected chi connectivity index (χ4v) is 2.55. The second kappa shape index (κ2) is 6.32. The average Bonchev–Trinajstić information content (AvgIpc) is 2.79. The number of carbonyl (C=O) groups excluding carboxylic acids is 1. The Morgan fingerprint density at radius 1 is 1.33 bits per heavy atom. The zero-order valence-corrected chi connectivity index (χ0v) is 11.8. The molecular weight excluding hydrogens is 272 g/mol. The number of fused-ring (bicyclic) bond motifs is 1. The molecular formula is C15H20N2O4. The molecule has 1 fully saturated rings. The predicted octanol–water partition coefficient (Wildman–Crippen LogP) is 0.187. The number of carbonyl (C=O) groups is 1.